The van der Waals surface area contributed by atoms with Crippen LogP contribution in [0.2, 0.25) is 0 Å². The number of aromatic nitrogens is 3. The summed E-state index contributed by atoms with van der Waals surface area (Å²) in [5.74, 6) is 1.46. The van der Waals surface area contributed by atoms with Crippen LogP contribution >= 0.6 is 22.6 Å². The zero-order valence-electron chi connectivity index (χ0n) is 18.3. The second kappa shape index (κ2) is 10.1. The predicted molar refractivity (Wildman–Crippen MR) is 137 cm³/mol. The topological polar surface area (TPSA) is 104 Å². The van der Waals surface area contributed by atoms with Gasteiger partial charge < -0.3 is 20.5 Å². The first-order chi connectivity index (χ1) is 15.9. The number of hydrogen-bond acceptors (Lipinski definition) is 6. The Balaban J connectivity index is 1.59. The molecule has 0 aliphatic carbocycles. The van der Waals surface area contributed by atoms with E-state index >= 15 is 0 Å². The highest BCUT2D eigenvalue weighted by atomic mass is 127. The van der Waals surface area contributed by atoms with Gasteiger partial charge >= 0.3 is 0 Å². The molecule has 2 heterocycles. The number of benzene rings is 2. The van der Waals surface area contributed by atoms with Gasteiger partial charge in [0.1, 0.15) is 11.5 Å². The second-order valence-corrected chi connectivity index (χ2v) is 8.57. The summed E-state index contributed by atoms with van der Waals surface area (Å²) in [4.78, 5) is 15.6. The summed E-state index contributed by atoms with van der Waals surface area (Å²) >= 11 is 2.30. The number of alkyl halides is 1. The molecule has 0 bridgehead atoms. The molecular weight excluding hydrogens is 533 g/mol. The smallest absolute Gasteiger partial charge is 0.255 e. The summed E-state index contributed by atoms with van der Waals surface area (Å²) in [5, 5.41) is 7.91. The van der Waals surface area contributed by atoms with Crippen molar-refractivity contribution in [1.29, 1.82) is 0 Å². The third-order valence-electron chi connectivity index (χ3n) is 4.97. The van der Waals surface area contributed by atoms with E-state index in [9.17, 15) is 4.79 Å². The Labute approximate surface area is 205 Å². The van der Waals surface area contributed by atoms with Crippen LogP contribution in [0.3, 0.4) is 0 Å². The van der Waals surface area contributed by atoms with Gasteiger partial charge in [0.15, 0.2) is 12.3 Å². The van der Waals surface area contributed by atoms with Crippen LogP contribution in [0.15, 0.2) is 54.6 Å². The molecule has 2 aromatic carbocycles. The Morgan fingerprint density at radius 3 is 2.55 bits per heavy atom. The summed E-state index contributed by atoms with van der Waals surface area (Å²) in [6, 6.07) is 17.6. The number of pyridine rings is 1. The maximum Gasteiger partial charge on any atom is 0.255 e. The fourth-order valence-corrected chi connectivity index (χ4v) is 3.68. The molecular formula is C24H24IN5O3. The molecule has 33 heavy (non-hydrogen) atoms. The Kier molecular flexibility index (Phi) is 6.97. The first kappa shape index (κ1) is 22.8. The van der Waals surface area contributed by atoms with Crippen molar-refractivity contribution in [2.24, 2.45) is 5.73 Å². The van der Waals surface area contributed by atoms with Gasteiger partial charge in [-0.3, -0.25) is 4.79 Å². The van der Waals surface area contributed by atoms with Crippen LogP contribution in [0.25, 0.3) is 16.9 Å². The zero-order valence-corrected chi connectivity index (χ0v) is 20.5. The van der Waals surface area contributed by atoms with E-state index in [0.29, 0.717) is 18.3 Å². The van der Waals surface area contributed by atoms with Crippen LogP contribution < -0.4 is 20.5 Å². The van der Waals surface area contributed by atoms with Crippen molar-refractivity contribution in [2.45, 2.75) is 13.8 Å². The number of amides is 1. The van der Waals surface area contributed by atoms with Crippen LogP contribution in [0.1, 0.15) is 11.1 Å². The number of carbonyl (C=O) groups excluding carboxylic acids is 1. The number of anilines is 2. The van der Waals surface area contributed by atoms with Gasteiger partial charge in [-0.2, -0.15) is 4.98 Å². The van der Waals surface area contributed by atoms with Crippen molar-refractivity contribution < 1.29 is 14.3 Å². The van der Waals surface area contributed by atoms with Crippen molar-refractivity contribution in [1.82, 2.24) is 14.6 Å². The average molecular weight is 557 g/mol. The summed E-state index contributed by atoms with van der Waals surface area (Å²) in [7, 11) is 0. The molecule has 0 atom stereocenters. The number of ether oxygens (including phenoxy) is 2. The lowest BCUT2D eigenvalue weighted by Crippen LogP contribution is -2.20. The summed E-state index contributed by atoms with van der Waals surface area (Å²) in [5.41, 5.74) is 10.6. The number of primary amides is 1. The minimum Gasteiger partial charge on any atom is -0.493 e. The van der Waals surface area contributed by atoms with E-state index in [1.165, 1.54) is 0 Å². The lowest BCUT2D eigenvalue weighted by Gasteiger charge is -2.10. The molecule has 0 spiro atoms. The highest BCUT2D eigenvalue weighted by molar-refractivity contribution is 14.1. The molecule has 0 radical (unpaired) electrons. The molecule has 9 heteroatoms. The van der Waals surface area contributed by atoms with Crippen molar-refractivity contribution in [3.05, 3.63) is 65.7 Å². The minimum absolute atomic E-state index is 0.158. The van der Waals surface area contributed by atoms with Gasteiger partial charge in [0.2, 0.25) is 5.95 Å². The Morgan fingerprint density at radius 1 is 1.06 bits per heavy atom. The van der Waals surface area contributed by atoms with E-state index in [0.717, 1.165) is 43.9 Å². The number of carbonyl (C=O) groups is 1. The molecule has 1 amide bonds. The molecule has 8 nitrogen and oxygen atoms in total. The maximum absolute atomic E-state index is 10.9. The lowest BCUT2D eigenvalue weighted by molar-refractivity contribution is -0.119. The molecule has 4 rings (SSSR count). The van der Waals surface area contributed by atoms with Crippen molar-refractivity contribution >= 4 is 45.8 Å². The minimum atomic E-state index is -0.515. The number of aryl methyl sites for hydroxylation is 2. The van der Waals surface area contributed by atoms with Crippen molar-refractivity contribution in [2.75, 3.05) is 23.0 Å². The van der Waals surface area contributed by atoms with E-state index < -0.39 is 5.91 Å². The standard InChI is InChI=1S/C24H24IN5O3/c1-15-12-17(6-8-20(15)32-11-10-25)19-4-3-5-23-28-24(29-30(19)23)27-18-7-9-21(16(2)13-18)33-14-22(26)31/h3-9,12-13H,10-11,14H2,1-2H3,(H2,26,31)(H,27,29). The normalized spacial score (nSPS) is 10.9. The van der Waals surface area contributed by atoms with Gasteiger partial charge in [-0.25, -0.2) is 4.52 Å². The molecule has 0 unspecified atom stereocenters. The van der Waals surface area contributed by atoms with Crippen LogP contribution in [-0.4, -0.2) is 38.1 Å². The highest BCUT2D eigenvalue weighted by Crippen LogP contribution is 2.28. The van der Waals surface area contributed by atoms with E-state index in [1.807, 2.05) is 60.8 Å². The third-order valence-corrected chi connectivity index (χ3v) is 5.41. The molecule has 0 saturated heterocycles. The van der Waals surface area contributed by atoms with E-state index in [2.05, 4.69) is 44.1 Å². The Bertz CT molecular complexity index is 1300. The number of nitrogens with one attached hydrogen (secondary N) is 1. The molecule has 4 aromatic rings. The van der Waals surface area contributed by atoms with Gasteiger partial charge in [0, 0.05) is 15.7 Å². The molecule has 170 valence electrons. The SMILES string of the molecule is Cc1cc(-c2cccc3nc(Nc4ccc(OCC(N)=O)c(C)c4)nn23)ccc1OCCI. The van der Waals surface area contributed by atoms with Gasteiger partial charge in [0.25, 0.3) is 5.91 Å². The Hall–Kier alpha value is -3.34. The van der Waals surface area contributed by atoms with Gasteiger partial charge in [-0.15, -0.1) is 5.10 Å². The number of nitrogens with two attached hydrogens (primary N) is 1. The average Bonchev–Trinajstić information content (AvgIpc) is 3.20. The first-order valence-electron chi connectivity index (χ1n) is 10.4. The van der Waals surface area contributed by atoms with E-state index in [-0.39, 0.29) is 6.61 Å². The first-order valence-corrected chi connectivity index (χ1v) is 11.9. The molecule has 3 N–H and O–H groups in total. The molecule has 0 fully saturated rings. The van der Waals surface area contributed by atoms with E-state index in [4.69, 9.17) is 15.2 Å². The van der Waals surface area contributed by atoms with Crippen molar-refractivity contribution in [3.8, 4) is 22.8 Å². The van der Waals surface area contributed by atoms with Crippen LogP contribution in [0.4, 0.5) is 11.6 Å². The largest absolute Gasteiger partial charge is 0.493 e. The predicted octanol–water partition coefficient (Wildman–Crippen LogP) is 4.43. The third kappa shape index (κ3) is 5.36. The quantitative estimate of drug-likeness (QED) is 0.233. The van der Waals surface area contributed by atoms with Gasteiger partial charge in [-0.1, -0.05) is 28.7 Å². The molecule has 0 saturated carbocycles. The maximum atomic E-state index is 10.9. The highest BCUT2D eigenvalue weighted by Gasteiger charge is 2.11. The summed E-state index contributed by atoms with van der Waals surface area (Å²) in [6.45, 7) is 4.47. The number of rotatable bonds is 9. The van der Waals surface area contributed by atoms with Crippen LogP contribution in [0.5, 0.6) is 11.5 Å². The fourth-order valence-electron chi connectivity index (χ4n) is 3.46. The van der Waals surface area contributed by atoms with E-state index in [1.54, 1.807) is 6.07 Å². The van der Waals surface area contributed by atoms with Crippen LogP contribution in [-0.2, 0) is 4.79 Å². The van der Waals surface area contributed by atoms with Crippen molar-refractivity contribution in [3.63, 3.8) is 0 Å². The second-order valence-electron chi connectivity index (χ2n) is 7.49. The summed E-state index contributed by atoms with van der Waals surface area (Å²) < 4.78 is 14.0. The summed E-state index contributed by atoms with van der Waals surface area (Å²) in [6.07, 6.45) is 0. The zero-order chi connectivity index (χ0) is 23.4. The lowest BCUT2D eigenvalue weighted by atomic mass is 10.1. The van der Waals surface area contributed by atoms with Gasteiger partial charge in [-0.05, 0) is 73.5 Å². The molecule has 2 aromatic heterocycles. The van der Waals surface area contributed by atoms with Gasteiger partial charge in [0.05, 0.1) is 12.3 Å². The number of hydrogen-bond donors (Lipinski definition) is 2. The molecule has 0 aliphatic heterocycles. The van der Waals surface area contributed by atoms with Crippen LogP contribution in [0, 0.1) is 13.8 Å². The Morgan fingerprint density at radius 2 is 1.82 bits per heavy atom. The number of halogens is 1. The monoisotopic (exact) mass is 557 g/mol. The fraction of sp³-hybridized carbons (Fsp3) is 0.208. The molecule has 0 aliphatic rings. The number of nitrogens with zero attached hydrogens (tertiary/aromatic N) is 3. The number of fused-ring (bicyclic) bond motifs is 1.